The summed E-state index contributed by atoms with van der Waals surface area (Å²) in [4.78, 5) is 31.9. The first-order valence-electron chi connectivity index (χ1n) is 6.24. The second-order valence-electron chi connectivity index (χ2n) is 3.99. The van der Waals surface area contributed by atoms with Crippen LogP contribution < -0.4 is 11.1 Å². The molecule has 9 nitrogen and oxygen atoms in total. The van der Waals surface area contributed by atoms with Crippen LogP contribution in [-0.2, 0) is 9.53 Å². The number of amides is 1. The van der Waals surface area contributed by atoms with Crippen LogP contribution in [0.1, 0.15) is 22.3 Å². The summed E-state index contributed by atoms with van der Waals surface area (Å²) in [6.45, 7) is 3.70. The number of aromatic amines is 1. The van der Waals surface area contributed by atoms with Crippen LogP contribution >= 0.6 is 23.1 Å². The Hall–Kier alpha value is -2.14. The van der Waals surface area contributed by atoms with Crippen molar-refractivity contribution in [2.45, 2.75) is 19.0 Å². The number of rotatable bonds is 6. The molecule has 0 saturated carbocycles. The molecule has 1 amide bonds. The average Bonchev–Trinajstić information content (AvgIpc) is 3.03. The van der Waals surface area contributed by atoms with Crippen molar-refractivity contribution in [1.82, 2.24) is 20.2 Å². The number of hydrogen-bond donors (Lipinski definition) is 3. The molecule has 4 N–H and O–H groups in total. The largest absolute Gasteiger partial charge is 0.462 e. The highest BCUT2D eigenvalue weighted by atomic mass is 32.2. The van der Waals surface area contributed by atoms with Crippen LogP contribution in [0.3, 0.4) is 0 Å². The number of anilines is 2. The number of thioether (sulfide) groups is 1. The molecule has 11 heteroatoms. The highest BCUT2D eigenvalue weighted by Gasteiger charge is 2.17. The lowest BCUT2D eigenvalue weighted by atomic mass is 10.4. The fourth-order valence-corrected chi connectivity index (χ4v) is 2.93. The number of ether oxygens (including phenoxy) is 1. The number of esters is 1. The molecule has 2 rings (SSSR count). The van der Waals surface area contributed by atoms with Crippen molar-refractivity contribution >= 4 is 46.1 Å². The maximum atomic E-state index is 11.8. The lowest BCUT2D eigenvalue weighted by Gasteiger charge is -1.99. The molecule has 0 saturated heterocycles. The standard InChI is InChI=1S/C11H14N6O3S2/c1-3-20-8(19)7-5(2)13-10(22-7)14-6(18)4-21-11-15-9(12)16-17-11/h3-4H2,1-2H3,(H,13,14,18)(H3,12,15,16,17). The van der Waals surface area contributed by atoms with Crippen molar-refractivity contribution in [3.8, 4) is 0 Å². The van der Waals surface area contributed by atoms with Crippen LogP contribution in [0.15, 0.2) is 5.16 Å². The minimum Gasteiger partial charge on any atom is -0.462 e. The Morgan fingerprint density at radius 1 is 1.45 bits per heavy atom. The maximum Gasteiger partial charge on any atom is 0.350 e. The van der Waals surface area contributed by atoms with Crippen molar-refractivity contribution in [3.63, 3.8) is 0 Å². The van der Waals surface area contributed by atoms with E-state index in [1.807, 2.05) is 0 Å². The van der Waals surface area contributed by atoms with E-state index in [9.17, 15) is 9.59 Å². The van der Waals surface area contributed by atoms with Crippen molar-refractivity contribution in [2.24, 2.45) is 0 Å². The Morgan fingerprint density at radius 2 is 2.23 bits per heavy atom. The maximum absolute atomic E-state index is 11.8. The molecule has 2 aromatic heterocycles. The van der Waals surface area contributed by atoms with Crippen LogP contribution in [-0.4, -0.2) is 44.4 Å². The highest BCUT2D eigenvalue weighted by molar-refractivity contribution is 7.99. The van der Waals surface area contributed by atoms with E-state index in [0.29, 0.717) is 20.9 Å². The molecule has 0 atom stereocenters. The minimum atomic E-state index is -0.441. The number of nitrogens with one attached hydrogen (secondary N) is 2. The van der Waals surface area contributed by atoms with Gasteiger partial charge in [-0.3, -0.25) is 4.79 Å². The third-order valence-electron chi connectivity index (χ3n) is 2.32. The van der Waals surface area contributed by atoms with E-state index in [-0.39, 0.29) is 24.2 Å². The summed E-state index contributed by atoms with van der Waals surface area (Å²) < 4.78 is 4.92. The fraction of sp³-hybridized carbons (Fsp3) is 0.364. The minimum absolute atomic E-state index is 0.102. The van der Waals surface area contributed by atoms with E-state index in [4.69, 9.17) is 10.5 Å². The monoisotopic (exact) mass is 342 g/mol. The Balaban J connectivity index is 1.91. The highest BCUT2D eigenvalue weighted by Crippen LogP contribution is 2.24. The van der Waals surface area contributed by atoms with Gasteiger partial charge in [-0.2, -0.15) is 4.98 Å². The molecule has 0 fully saturated rings. The molecule has 0 spiro atoms. The number of nitrogens with two attached hydrogens (primary N) is 1. The summed E-state index contributed by atoms with van der Waals surface area (Å²) in [7, 11) is 0. The van der Waals surface area contributed by atoms with Crippen LogP contribution in [0.2, 0.25) is 0 Å². The molecular weight excluding hydrogens is 328 g/mol. The molecule has 2 aromatic rings. The van der Waals surface area contributed by atoms with Gasteiger partial charge in [-0.25, -0.2) is 14.9 Å². The predicted octanol–water partition coefficient (Wildman–Crippen LogP) is 1.06. The van der Waals surface area contributed by atoms with Gasteiger partial charge >= 0.3 is 5.97 Å². The first kappa shape index (κ1) is 16.2. The average molecular weight is 342 g/mol. The summed E-state index contributed by atoms with van der Waals surface area (Å²) in [5.74, 6) is -0.427. The van der Waals surface area contributed by atoms with Gasteiger partial charge in [0.15, 0.2) is 5.13 Å². The molecule has 0 aliphatic carbocycles. The first-order chi connectivity index (χ1) is 10.5. The summed E-state index contributed by atoms with van der Waals surface area (Å²) in [5.41, 5.74) is 5.91. The lowest BCUT2D eigenvalue weighted by Crippen LogP contribution is -2.13. The number of carbonyl (C=O) groups excluding carboxylic acids is 2. The van der Waals surface area contributed by atoms with E-state index in [1.54, 1.807) is 13.8 Å². The summed E-state index contributed by atoms with van der Waals surface area (Å²) >= 11 is 2.21. The molecule has 0 radical (unpaired) electrons. The third-order valence-corrected chi connectivity index (χ3v) is 4.22. The van der Waals surface area contributed by atoms with Crippen molar-refractivity contribution < 1.29 is 14.3 Å². The number of H-pyrrole nitrogens is 1. The van der Waals surface area contributed by atoms with Crippen molar-refractivity contribution in [2.75, 3.05) is 23.4 Å². The van der Waals surface area contributed by atoms with Crippen LogP contribution in [0.4, 0.5) is 11.1 Å². The van der Waals surface area contributed by atoms with Gasteiger partial charge in [0.1, 0.15) is 4.88 Å². The number of aromatic nitrogens is 4. The molecule has 2 heterocycles. The fourth-order valence-electron chi connectivity index (χ4n) is 1.44. The van der Waals surface area contributed by atoms with Gasteiger partial charge in [0.2, 0.25) is 17.0 Å². The second-order valence-corrected chi connectivity index (χ2v) is 5.94. The van der Waals surface area contributed by atoms with Gasteiger partial charge < -0.3 is 15.8 Å². The molecule has 0 aliphatic rings. The van der Waals surface area contributed by atoms with Crippen LogP contribution in [0.5, 0.6) is 0 Å². The zero-order valence-corrected chi connectivity index (χ0v) is 13.5. The topological polar surface area (TPSA) is 136 Å². The Bertz CT molecular complexity index is 683. The number of aryl methyl sites for hydroxylation is 1. The molecule has 118 valence electrons. The molecular formula is C11H14N6O3S2. The Kier molecular flexibility index (Phi) is 5.33. The lowest BCUT2D eigenvalue weighted by molar-refractivity contribution is -0.113. The summed E-state index contributed by atoms with van der Waals surface area (Å²) in [6, 6.07) is 0. The smallest absolute Gasteiger partial charge is 0.350 e. The molecule has 0 bridgehead atoms. The first-order valence-corrected chi connectivity index (χ1v) is 8.05. The van der Waals surface area contributed by atoms with Gasteiger partial charge in [0.05, 0.1) is 18.1 Å². The molecule has 0 unspecified atom stereocenters. The van der Waals surface area contributed by atoms with Gasteiger partial charge in [0.25, 0.3) is 0 Å². The Morgan fingerprint density at radius 3 is 2.86 bits per heavy atom. The van der Waals surface area contributed by atoms with Crippen molar-refractivity contribution in [3.05, 3.63) is 10.6 Å². The molecule has 22 heavy (non-hydrogen) atoms. The van der Waals surface area contributed by atoms with E-state index >= 15 is 0 Å². The molecule has 0 aromatic carbocycles. The van der Waals surface area contributed by atoms with E-state index in [2.05, 4.69) is 25.5 Å². The number of nitrogen functional groups attached to an aromatic ring is 1. The zero-order chi connectivity index (χ0) is 16.1. The zero-order valence-electron chi connectivity index (χ0n) is 11.9. The summed E-state index contributed by atoms with van der Waals surface area (Å²) in [5, 5.41) is 9.64. The molecule has 0 aliphatic heterocycles. The number of thiazole rings is 1. The number of hydrogen-bond acceptors (Lipinski definition) is 9. The summed E-state index contributed by atoms with van der Waals surface area (Å²) in [6.07, 6.45) is 0. The normalized spacial score (nSPS) is 10.5. The number of carbonyl (C=O) groups is 2. The third kappa shape index (κ3) is 4.18. The van der Waals surface area contributed by atoms with Gasteiger partial charge in [-0.15, -0.1) is 5.10 Å². The predicted molar refractivity (Wildman–Crippen MR) is 83.0 cm³/mol. The van der Waals surface area contributed by atoms with Crippen LogP contribution in [0, 0.1) is 6.92 Å². The van der Waals surface area contributed by atoms with E-state index in [0.717, 1.165) is 23.1 Å². The number of nitrogens with zero attached hydrogens (tertiary/aromatic N) is 3. The van der Waals surface area contributed by atoms with Gasteiger partial charge in [0, 0.05) is 0 Å². The Labute approximate surface area is 134 Å². The van der Waals surface area contributed by atoms with Crippen LogP contribution in [0.25, 0.3) is 0 Å². The quantitative estimate of drug-likeness (QED) is 0.523. The van der Waals surface area contributed by atoms with E-state index < -0.39 is 5.97 Å². The second kappa shape index (κ2) is 7.22. The SMILES string of the molecule is CCOC(=O)c1sc(NC(=O)CSc2n[nH]c(N)n2)nc1C. The van der Waals surface area contributed by atoms with E-state index in [1.165, 1.54) is 0 Å². The van der Waals surface area contributed by atoms with Gasteiger partial charge in [-0.05, 0) is 13.8 Å². The van der Waals surface area contributed by atoms with Gasteiger partial charge in [-0.1, -0.05) is 23.1 Å². The van der Waals surface area contributed by atoms with Crippen molar-refractivity contribution in [1.29, 1.82) is 0 Å².